The van der Waals surface area contributed by atoms with Crippen molar-refractivity contribution in [1.29, 1.82) is 0 Å². The van der Waals surface area contributed by atoms with Crippen LogP contribution < -0.4 is 0 Å². The van der Waals surface area contributed by atoms with Crippen LogP contribution in [0.4, 0.5) is 0 Å². The van der Waals surface area contributed by atoms with Gasteiger partial charge < -0.3 is 0 Å². The average Bonchev–Trinajstić information content (AvgIpc) is 2.01. The van der Waals surface area contributed by atoms with Gasteiger partial charge in [-0.05, 0) is 0 Å². The van der Waals surface area contributed by atoms with E-state index in [1.807, 2.05) is 0 Å². The van der Waals surface area contributed by atoms with Gasteiger partial charge >= 0.3 is 67.2 Å². The van der Waals surface area contributed by atoms with Crippen molar-refractivity contribution in [1.82, 2.24) is 0 Å². The minimum absolute atomic E-state index is 0.645. The molecule has 0 unspecified atom stereocenters. The van der Waals surface area contributed by atoms with Gasteiger partial charge in [-0.2, -0.15) is 0 Å². The van der Waals surface area contributed by atoms with Gasteiger partial charge in [-0.15, -0.1) is 0 Å². The molecule has 2 nitrogen and oxygen atoms in total. The van der Waals surface area contributed by atoms with E-state index >= 15 is 0 Å². The van der Waals surface area contributed by atoms with Crippen molar-refractivity contribution in [3.63, 3.8) is 0 Å². The molecular weight excluding hydrogens is 235 g/mol. The van der Waals surface area contributed by atoms with E-state index in [2.05, 4.69) is 20.8 Å². The Hall–Kier alpha value is 0.269. The number of rotatable bonds is 5. The predicted octanol–water partition coefficient (Wildman–Crippen LogP) is 2.16. The Morgan fingerprint density at radius 3 is 1.70 bits per heavy atom. The SMILES string of the molecule is C[CH2][Sn]([CH2]C)([CH2]C)[O]C=O. The Bertz CT molecular complexity index is 91.5. The fourth-order valence-corrected chi connectivity index (χ4v) is 7.39. The molecule has 60 valence electrons. The van der Waals surface area contributed by atoms with E-state index in [1.165, 1.54) is 0 Å². The molecule has 0 N–H and O–H groups in total. The van der Waals surface area contributed by atoms with Gasteiger partial charge in [0.05, 0.1) is 0 Å². The van der Waals surface area contributed by atoms with Crippen LogP contribution in [0.25, 0.3) is 0 Å². The monoisotopic (exact) mass is 252 g/mol. The summed E-state index contributed by atoms with van der Waals surface area (Å²) in [4.78, 5) is 10.1. The van der Waals surface area contributed by atoms with Crippen molar-refractivity contribution in [2.75, 3.05) is 0 Å². The van der Waals surface area contributed by atoms with Gasteiger partial charge in [0.2, 0.25) is 0 Å². The third-order valence-corrected chi connectivity index (χ3v) is 15.0. The van der Waals surface area contributed by atoms with Crippen molar-refractivity contribution in [2.24, 2.45) is 0 Å². The molecular formula is C7H16O2Sn. The molecule has 0 aliphatic carbocycles. The Morgan fingerprint density at radius 2 is 1.60 bits per heavy atom. The van der Waals surface area contributed by atoms with E-state index < -0.39 is 18.8 Å². The zero-order chi connectivity index (χ0) is 8.04. The Kier molecular flexibility index (Phi) is 5.12. The van der Waals surface area contributed by atoms with Crippen LogP contribution in [0.1, 0.15) is 20.8 Å². The van der Waals surface area contributed by atoms with Gasteiger partial charge in [0, 0.05) is 0 Å². The molecule has 0 aromatic rings. The minimum atomic E-state index is -2.30. The molecule has 0 aromatic carbocycles. The van der Waals surface area contributed by atoms with Crippen LogP contribution in [0.5, 0.6) is 0 Å². The molecule has 0 aromatic heterocycles. The molecule has 0 amide bonds. The summed E-state index contributed by atoms with van der Waals surface area (Å²) in [5, 5.41) is 0. The van der Waals surface area contributed by atoms with Crippen molar-refractivity contribution < 1.29 is 7.87 Å². The third kappa shape index (κ3) is 2.48. The predicted molar refractivity (Wildman–Crippen MR) is 44.3 cm³/mol. The van der Waals surface area contributed by atoms with Gasteiger partial charge in [-0.3, -0.25) is 0 Å². The first kappa shape index (κ1) is 10.3. The van der Waals surface area contributed by atoms with E-state index in [9.17, 15) is 4.79 Å². The van der Waals surface area contributed by atoms with Crippen LogP contribution in [-0.4, -0.2) is 25.3 Å². The first-order valence-corrected chi connectivity index (χ1v) is 11.1. The quantitative estimate of drug-likeness (QED) is 0.552. The maximum atomic E-state index is 10.1. The molecule has 0 heterocycles. The zero-order valence-corrected chi connectivity index (χ0v) is 9.87. The third-order valence-electron chi connectivity index (χ3n) is 2.23. The van der Waals surface area contributed by atoms with Crippen LogP contribution in [-0.2, 0) is 7.87 Å². The van der Waals surface area contributed by atoms with Crippen LogP contribution in [0.3, 0.4) is 0 Å². The molecule has 0 bridgehead atoms. The topological polar surface area (TPSA) is 26.3 Å². The summed E-state index contributed by atoms with van der Waals surface area (Å²) in [6, 6.07) is 0. The van der Waals surface area contributed by atoms with Crippen LogP contribution >= 0.6 is 0 Å². The van der Waals surface area contributed by atoms with E-state index in [0.717, 1.165) is 13.3 Å². The van der Waals surface area contributed by atoms with Crippen LogP contribution in [0, 0.1) is 0 Å². The molecule has 0 fully saturated rings. The van der Waals surface area contributed by atoms with E-state index in [4.69, 9.17) is 3.07 Å². The zero-order valence-electron chi connectivity index (χ0n) is 7.02. The van der Waals surface area contributed by atoms with Crippen molar-refractivity contribution in [3.8, 4) is 0 Å². The molecule has 0 radical (unpaired) electrons. The Labute approximate surface area is 67.4 Å². The van der Waals surface area contributed by atoms with Gasteiger partial charge in [0.25, 0.3) is 0 Å². The Balaban J connectivity index is 4.00. The van der Waals surface area contributed by atoms with E-state index in [0.29, 0.717) is 6.47 Å². The van der Waals surface area contributed by atoms with Gasteiger partial charge in [0.15, 0.2) is 0 Å². The molecule has 0 atom stereocenters. The van der Waals surface area contributed by atoms with Crippen LogP contribution in [0.15, 0.2) is 0 Å². The molecule has 0 aliphatic rings. The van der Waals surface area contributed by atoms with Gasteiger partial charge in [0.1, 0.15) is 0 Å². The summed E-state index contributed by atoms with van der Waals surface area (Å²) >= 11 is -2.30. The van der Waals surface area contributed by atoms with E-state index in [1.54, 1.807) is 0 Å². The second kappa shape index (κ2) is 4.99. The second-order valence-corrected chi connectivity index (χ2v) is 15.9. The molecule has 3 heteroatoms. The summed E-state index contributed by atoms with van der Waals surface area (Å²) in [6.45, 7) is 7.04. The fourth-order valence-electron chi connectivity index (χ4n) is 1.10. The van der Waals surface area contributed by atoms with Crippen LogP contribution in [0.2, 0.25) is 13.3 Å². The molecule has 0 spiro atoms. The maximum absolute atomic E-state index is 10.1. The second-order valence-electron chi connectivity index (χ2n) is 2.46. The first-order chi connectivity index (χ1) is 4.74. The number of carbonyl (C=O) groups is 1. The Morgan fingerprint density at radius 1 is 1.20 bits per heavy atom. The number of hydrogen-bond donors (Lipinski definition) is 0. The van der Waals surface area contributed by atoms with Gasteiger partial charge in [-0.25, -0.2) is 0 Å². The summed E-state index contributed by atoms with van der Waals surface area (Å²) in [5.74, 6) is 0. The number of carbonyl (C=O) groups excluding carboxylic acids is 1. The van der Waals surface area contributed by atoms with E-state index in [-0.39, 0.29) is 0 Å². The summed E-state index contributed by atoms with van der Waals surface area (Å²) < 4.78 is 8.54. The molecule has 0 rings (SSSR count). The summed E-state index contributed by atoms with van der Waals surface area (Å²) in [5.41, 5.74) is 0. The summed E-state index contributed by atoms with van der Waals surface area (Å²) in [6.07, 6.45) is 0. The molecule has 10 heavy (non-hydrogen) atoms. The summed E-state index contributed by atoms with van der Waals surface area (Å²) in [7, 11) is 0. The van der Waals surface area contributed by atoms with Crippen molar-refractivity contribution in [2.45, 2.75) is 34.1 Å². The standard InChI is InChI=1S/3C2H5.CH2O2.Sn/c3*1-2;2-1-3;/h3*1H2,2H3;1H,(H,2,3);/q;;;;+1/p-1. The fraction of sp³-hybridized carbons (Fsp3) is 0.857. The number of hydrogen-bond acceptors (Lipinski definition) is 2. The normalized spacial score (nSPS) is 11.1. The van der Waals surface area contributed by atoms with Crippen molar-refractivity contribution >= 4 is 25.3 Å². The molecule has 0 aliphatic heterocycles. The molecule has 0 saturated carbocycles. The first-order valence-electron chi connectivity index (χ1n) is 3.86. The van der Waals surface area contributed by atoms with Crippen molar-refractivity contribution in [3.05, 3.63) is 0 Å². The van der Waals surface area contributed by atoms with Gasteiger partial charge in [-0.1, -0.05) is 0 Å². The molecule has 0 saturated heterocycles. The average molecular weight is 251 g/mol.